The molecule has 2 aliphatic rings. The third kappa shape index (κ3) is 1.69. The molecule has 1 aliphatic carbocycles. The highest BCUT2D eigenvalue weighted by atomic mass is 32.2. The molecular formula is C10H16N2O3S. The van der Waals surface area contributed by atoms with Crippen molar-refractivity contribution < 1.29 is 14.7 Å². The highest BCUT2D eigenvalue weighted by Crippen LogP contribution is 2.36. The summed E-state index contributed by atoms with van der Waals surface area (Å²) in [7, 11) is 0. The summed E-state index contributed by atoms with van der Waals surface area (Å²) >= 11 is 1.49. The molecule has 2 unspecified atom stereocenters. The molecule has 1 heterocycles. The van der Waals surface area contributed by atoms with Crippen LogP contribution in [0, 0.1) is 0 Å². The van der Waals surface area contributed by atoms with E-state index in [9.17, 15) is 9.59 Å². The Hall–Kier alpha value is -0.750. The van der Waals surface area contributed by atoms with Gasteiger partial charge in [0.05, 0.1) is 10.9 Å². The standard InChI is InChI=1S/C10H16N2O3S/c1-6-12(7(5-16-6)8(13)14)9(15)10(11)3-2-4-10/h6-7H,2-5,11H2,1H3,(H,13,14). The molecule has 16 heavy (non-hydrogen) atoms. The number of hydrogen-bond acceptors (Lipinski definition) is 4. The number of nitrogens with two attached hydrogens (primary N) is 1. The van der Waals surface area contributed by atoms with E-state index in [0.29, 0.717) is 18.6 Å². The van der Waals surface area contributed by atoms with Crippen molar-refractivity contribution in [3.63, 3.8) is 0 Å². The van der Waals surface area contributed by atoms with Gasteiger partial charge in [0.1, 0.15) is 6.04 Å². The normalized spacial score (nSPS) is 32.2. The number of rotatable bonds is 2. The smallest absolute Gasteiger partial charge is 0.327 e. The molecule has 90 valence electrons. The number of aliphatic carboxylic acids is 1. The molecule has 6 heteroatoms. The molecule has 1 saturated heterocycles. The zero-order valence-corrected chi connectivity index (χ0v) is 10.00. The van der Waals surface area contributed by atoms with Crippen LogP contribution in [-0.4, -0.2) is 44.6 Å². The van der Waals surface area contributed by atoms with Crippen LogP contribution in [0.3, 0.4) is 0 Å². The van der Waals surface area contributed by atoms with Crippen molar-refractivity contribution in [2.24, 2.45) is 5.73 Å². The van der Waals surface area contributed by atoms with Crippen molar-refractivity contribution in [1.29, 1.82) is 0 Å². The van der Waals surface area contributed by atoms with Gasteiger partial charge in [-0.2, -0.15) is 0 Å². The van der Waals surface area contributed by atoms with Crippen LogP contribution in [-0.2, 0) is 9.59 Å². The summed E-state index contributed by atoms with van der Waals surface area (Å²) in [5.74, 6) is -0.671. The largest absolute Gasteiger partial charge is 0.480 e. The molecular weight excluding hydrogens is 228 g/mol. The minimum Gasteiger partial charge on any atom is -0.480 e. The number of carboxylic acids is 1. The maximum absolute atomic E-state index is 12.2. The average molecular weight is 244 g/mol. The first-order valence-electron chi connectivity index (χ1n) is 5.42. The van der Waals surface area contributed by atoms with Crippen molar-refractivity contribution in [3.8, 4) is 0 Å². The van der Waals surface area contributed by atoms with Gasteiger partial charge in [-0.1, -0.05) is 0 Å². The van der Waals surface area contributed by atoms with Gasteiger partial charge in [-0.3, -0.25) is 4.79 Å². The lowest BCUT2D eigenvalue weighted by Gasteiger charge is -2.41. The van der Waals surface area contributed by atoms with Crippen LogP contribution in [0.2, 0.25) is 0 Å². The van der Waals surface area contributed by atoms with E-state index in [0.717, 1.165) is 6.42 Å². The van der Waals surface area contributed by atoms with Crippen LogP contribution in [0.5, 0.6) is 0 Å². The molecule has 2 rings (SSSR count). The monoisotopic (exact) mass is 244 g/mol. The second-order valence-electron chi connectivity index (χ2n) is 4.51. The SMILES string of the molecule is CC1SCC(C(=O)O)N1C(=O)C1(N)CCC1. The quantitative estimate of drug-likeness (QED) is 0.727. The van der Waals surface area contributed by atoms with Crippen molar-refractivity contribution in [1.82, 2.24) is 4.90 Å². The van der Waals surface area contributed by atoms with Crippen molar-refractivity contribution >= 4 is 23.6 Å². The van der Waals surface area contributed by atoms with Crippen molar-refractivity contribution in [2.75, 3.05) is 5.75 Å². The van der Waals surface area contributed by atoms with E-state index < -0.39 is 17.6 Å². The number of nitrogens with zero attached hydrogens (tertiary/aromatic N) is 1. The Balaban J connectivity index is 2.17. The zero-order valence-electron chi connectivity index (χ0n) is 9.18. The topological polar surface area (TPSA) is 83.6 Å². The highest BCUT2D eigenvalue weighted by molar-refractivity contribution is 8.00. The predicted octanol–water partition coefficient (Wildman–Crippen LogP) is 0.242. The zero-order chi connectivity index (χ0) is 11.9. The third-order valence-electron chi connectivity index (χ3n) is 3.41. The molecule has 1 amide bonds. The summed E-state index contributed by atoms with van der Waals surface area (Å²) in [6.45, 7) is 1.85. The van der Waals surface area contributed by atoms with Gasteiger partial charge < -0.3 is 15.7 Å². The third-order valence-corrected chi connectivity index (χ3v) is 4.63. The Labute approximate surface area is 98.4 Å². The van der Waals surface area contributed by atoms with Gasteiger partial charge in [0.25, 0.3) is 0 Å². The molecule has 0 spiro atoms. The first kappa shape index (κ1) is 11.7. The Morgan fingerprint density at radius 1 is 1.50 bits per heavy atom. The van der Waals surface area contributed by atoms with E-state index in [-0.39, 0.29) is 11.3 Å². The number of carbonyl (C=O) groups excluding carboxylic acids is 1. The molecule has 0 bridgehead atoms. The van der Waals surface area contributed by atoms with E-state index in [4.69, 9.17) is 10.8 Å². The average Bonchev–Trinajstić information content (AvgIpc) is 2.55. The van der Waals surface area contributed by atoms with Crippen LogP contribution in [0.1, 0.15) is 26.2 Å². The fraction of sp³-hybridized carbons (Fsp3) is 0.800. The first-order valence-corrected chi connectivity index (χ1v) is 6.47. The number of amides is 1. The van der Waals surface area contributed by atoms with Gasteiger partial charge in [-0.15, -0.1) is 11.8 Å². The van der Waals surface area contributed by atoms with Gasteiger partial charge in [0.15, 0.2) is 0 Å². The summed E-state index contributed by atoms with van der Waals surface area (Å²) in [5.41, 5.74) is 5.16. The van der Waals surface area contributed by atoms with E-state index >= 15 is 0 Å². The van der Waals surface area contributed by atoms with Gasteiger partial charge in [0, 0.05) is 5.75 Å². The second-order valence-corrected chi connectivity index (χ2v) is 5.86. The fourth-order valence-electron chi connectivity index (χ4n) is 2.17. The van der Waals surface area contributed by atoms with Crippen LogP contribution >= 0.6 is 11.8 Å². The number of thioether (sulfide) groups is 1. The van der Waals surface area contributed by atoms with E-state index in [1.165, 1.54) is 16.7 Å². The highest BCUT2D eigenvalue weighted by Gasteiger charge is 2.49. The Morgan fingerprint density at radius 2 is 2.12 bits per heavy atom. The number of carboxylic acid groups (broad SMARTS) is 1. The van der Waals surface area contributed by atoms with E-state index in [2.05, 4.69) is 0 Å². The second kappa shape index (κ2) is 3.92. The molecule has 0 aromatic carbocycles. The maximum Gasteiger partial charge on any atom is 0.327 e. The molecule has 3 N–H and O–H groups in total. The summed E-state index contributed by atoms with van der Waals surface area (Å²) in [6, 6.07) is -0.714. The van der Waals surface area contributed by atoms with Crippen molar-refractivity contribution in [3.05, 3.63) is 0 Å². The molecule has 2 fully saturated rings. The summed E-state index contributed by atoms with van der Waals surface area (Å²) in [4.78, 5) is 24.7. The van der Waals surface area contributed by atoms with Crippen LogP contribution in [0.25, 0.3) is 0 Å². The van der Waals surface area contributed by atoms with E-state index in [1.807, 2.05) is 6.92 Å². The Kier molecular flexibility index (Phi) is 2.88. The van der Waals surface area contributed by atoms with Crippen LogP contribution in [0.4, 0.5) is 0 Å². The Morgan fingerprint density at radius 3 is 2.56 bits per heavy atom. The molecule has 5 nitrogen and oxygen atoms in total. The molecule has 1 saturated carbocycles. The van der Waals surface area contributed by atoms with Crippen LogP contribution < -0.4 is 5.73 Å². The minimum atomic E-state index is -0.937. The maximum atomic E-state index is 12.2. The lowest BCUT2D eigenvalue weighted by molar-refractivity contribution is -0.153. The lowest BCUT2D eigenvalue weighted by Crippen LogP contribution is -2.62. The first-order chi connectivity index (χ1) is 7.46. The van der Waals surface area contributed by atoms with Crippen molar-refractivity contribution in [2.45, 2.75) is 43.1 Å². The van der Waals surface area contributed by atoms with E-state index in [1.54, 1.807) is 0 Å². The molecule has 2 atom stereocenters. The van der Waals surface area contributed by atoms with Gasteiger partial charge >= 0.3 is 5.97 Å². The number of carbonyl (C=O) groups is 2. The summed E-state index contributed by atoms with van der Waals surface area (Å²) < 4.78 is 0. The summed E-state index contributed by atoms with van der Waals surface area (Å²) in [6.07, 6.45) is 2.30. The lowest BCUT2D eigenvalue weighted by atomic mass is 9.76. The fourth-order valence-corrected chi connectivity index (χ4v) is 3.34. The molecule has 1 aliphatic heterocycles. The van der Waals surface area contributed by atoms with Gasteiger partial charge in [-0.25, -0.2) is 4.79 Å². The minimum absolute atomic E-state index is 0.0883. The van der Waals surface area contributed by atoms with Gasteiger partial charge in [-0.05, 0) is 26.2 Å². The molecule has 0 radical (unpaired) electrons. The number of hydrogen-bond donors (Lipinski definition) is 2. The van der Waals surface area contributed by atoms with Gasteiger partial charge in [0.2, 0.25) is 5.91 Å². The van der Waals surface area contributed by atoms with Crippen LogP contribution in [0.15, 0.2) is 0 Å². The Bertz CT molecular complexity index is 330. The molecule has 0 aromatic rings. The molecule has 0 aromatic heterocycles. The predicted molar refractivity (Wildman–Crippen MR) is 61.0 cm³/mol. The summed E-state index contributed by atoms with van der Waals surface area (Å²) in [5, 5.41) is 8.97.